The second kappa shape index (κ2) is 14.9. The summed E-state index contributed by atoms with van der Waals surface area (Å²) in [4.78, 5) is 12.0. The maximum Gasteiger partial charge on any atom is 0.262 e. The molecule has 1 amide bonds. The molecular formula is C18H40ClN3O2. The Bertz CT molecular complexity index is 309. The molecule has 0 aromatic heterocycles. The van der Waals surface area contributed by atoms with Gasteiger partial charge in [-0.15, -0.1) is 0 Å². The number of rotatable bonds is 14. The monoisotopic (exact) mass is 365 g/mol. The van der Waals surface area contributed by atoms with Crippen molar-refractivity contribution in [2.45, 2.75) is 77.2 Å². The summed E-state index contributed by atoms with van der Waals surface area (Å²) in [6.07, 6.45) is 11.3. The first-order valence-electron chi connectivity index (χ1n) is 9.34. The molecule has 0 aliphatic heterocycles. The number of nitrogens with two attached hydrogens (primary N) is 1. The van der Waals surface area contributed by atoms with Gasteiger partial charge >= 0.3 is 0 Å². The Morgan fingerprint density at radius 2 is 1.50 bits per heavy atom. The Labute approximate surface area is 155 Å². The van der Waals surface area contributed by atoms with Gasteiger partial charge in [0.15, 0.2) is 0 Å². The van der Waals surface area contributed by atoms with Gasteiger partial charge in [-0.3, -0.25) is 10.0 Å². The highest BCUT2D eigenvalue weighted by atomic mass is 35.5. The number of halogens is 1. The molecule has 0 heterocycles. The van der Waals surface area contributed by atoms with E-state index in [4.69, 9.17) is 5.73 Å². The number of amides is 1. The molecule has 0 bridgehead atoms. The molecule has 146 valence electrons. The van der Waals surface area contributed by atoms with Crippen LogP contribution in [0.4, 0.5) is 0 Å². The van der Waals surface area contributed by atoms with Gasteiger partial charge in [0.2, 0.25) is 0 Å². The lowest BCUT2D eigenvalue weighted by atomic mass is 10.0. The first-order valence-corrected chi connectivity index (χ1v) is 9.34. The minimum Gasteiger partial charge on any atom is -1.00 e. The van der Waals surface area contributed by atoms with E-state index in [2.05, 4.69) is 28.1 Å². The van der Waals surface area contributed by atoms with E-state index >= 15 is 0 Å². The summed E-state index contributed by atoms with van der Waals surface area (Å²) in [6, 6.07) is -0.566. The molecule has 0 rings (SSSR count). The molecule has 0 aromatic carbocycles. The molecule has 5 nitrogen and oxygen atoms in total. The van der Waals surface area contributed by atoms with E-state index in [0.717, 1.165) is 35.4 Å². The highest BCUT2D eigenvalue weighted by molar-refractivity contribution is 5.80. The lowest BCUT2D eigenvalue weighted by molar-refractivity contribution is -0.870. The van der Waals surface area contributed by atoms with Crippen LogP contribution in [0.3, 0.4) is 0 Å². The third-order valence-electron chi connectivity index (χ3n) is 4.14. The number of unbranched alkanes of at least 4 members (excludes halogenated alkanes) is 7. The fourth-order valence-electron chi connectivity index (χ4n) is 2.62. The third kappa shape index (κ3) is 15.2. The zero-order valence-electron chi connectivity index (χ0n) is 16.3. The predicted octanol–water partition coefficient (Wildman–Crippen LogP) is 0.163. The fourth-order valence-corrected chi connectivity index (χ4v) is 2.62. The van der Waals surface area contributed by atoms with Crippen molar-refractivity contribution in [1.82, 2.24) is 5.06 Å². The number of nitrogens with zero attached hydrogens (tertiary/aromatic N) is 2. The van der Waals surface area contributed by atoms with Gasteiger partial charge < -0.3 is 22.6 Å². The van der Waals surface area contributed by atoms with Gasteiger partial charge in [-0.05, 0) is 6.42 Å². The van der Waals surface area contributed by atoms with Gasteiger partial charge in [-0.2, -0.15) is 0 Å². The van der Waals surface area contributed by atoms with Crippen molar-refractivity contribution >= 4 is 5.91 Å². The van der Waals surface area contributed by atoms with Crippen molar-refractivity contribution in [2.24, 2.45) is 5.73 Å². The Kier molecular flexibility index (Phi) is 16.1. The molecule has 0 fully saturated rings. The maximum absolute atomic E-state index is 12.0. The zero-order chi connectivity index (χ0) is 17.7. The molecular weight excluding hydrogens is 326 g/mol. The van der Waals surface area contributed by atoms with Gasteiger partial charge in [-0.25, -0.2) is 5.06 Å². The average Bonchev–Trinajstić information content (AvgIpc) is 2.47. The Morgan fingerprint density at radius 1 is 1.00 bits per heavy atom. The van der Waals surface area contributed by atoms with Gasteiger partial charge in [0.05, 0.1) is 40.3 Å². The molecule has 3 N–H and O–H groups in total. The summed E-state index contributed by atoms with van der Waals surface area (Å²) < 4.78 is 0.826. The second-order valence-electron chi connectivity index (χ2n) is 7.70. The van der Waals surface area contributed by atoms with E-state index in [1.165, 1.54) is 38.5 Å². The summed E-state index contributed by atoms with van der Waals surface area (Å²) in [7, 11) is 6.28. The fraction of sp³-hybridized carbons (Fsp3) is 0.944. The molecule has 6 heteroatoms. The second-order valence-corrected chi connectivity index (χ2v) is 7.70. The summed E-state index contributed by atoms with van der Waals surface area (Å²) in [5.41, 5.74) is 5.90. The topological polar surface area (TPSA) is 66.6 Å². The molecule has 24 heavy (non-hydrogen) atoms. The van der Waals surface area contributed by atoms with Crippen LogP contribution in [0.5, 0.6) is 0 Å². The Hall–Kier alpha value is -0.360. The van der Waals surface area contributed by atoms with E-state index in [0.29, 0.717) is 13.0 Å². The van der Waals surface area contributed by atoms with Gasteiger partial charge in [-0.1, -0.05) is 58.3 Å². The minimum atomic E-state index is -0.566. The SMILES string of the molecule is CCCCCCCCCCC(N)C(=O)N(O)CCC[N+](C)(C)C.[Cl-]. The van der Waals surface area contributed by atoms with Crippen LogP contribution in [-0.4, -0.2) is 60.9 Å². The number of hydrogen-bond donors (Lipinski definition) is 2. The number of carbonyl (C=O) groups excluding carboxylic acids is 1. The molecule has 1 unspecified atom stereocenters. The number of carbonyl (C=O) groups is 1. The van der Waals surface area contributed by atoms with Gasteiger partial charge in [0.25, 0.3) is 5.91 Å². The molecule has 0 spiro atoms. The number of quaternary nitrogens is 1. The van der Waals surface area contributed by atoms with Crippen LogP contribution in [0.2, 0.25) is 0 Å². The van der Waals surface area contributed by atoms with Crippen LogP contribution in [0, 0.1) is 0 Å². The van der Waals surface area contributed by atoms with Crippen molar-refractivity contribution in [3.8, 4) is 0 Å². The van der Waals surface area contributed by atoms with E-state index in [1.807, 2.05) is 0 Å². The highest BCUT2D eigenvalue weighted by Crippen LogP contribution is 2.11. The number of hydroxylamine groups is 2. The predicted molar refractivity (Wildman–Crippen MR) is 96.2 cm³/mol. The van der Waals surface area contributed by atoms with Crippen LogP contribution in [-0.2, 0) is 4.79 Å². The molecule has 0 aliphatic rings. The smallest absolute Gasteiger partial charge is 0.262 e. The summed E-state index contributed by atoms with van der Waals surface area (Å²) in [5, 5.41) is 10.6. The molecule has 1 atom stereocenters. The van der Waals surface area contributed by atoms with Gasteiger partial charge in [0.1, 0.15) is 0 Å². The normalized spacial score (nSPS) is 12.6. The van der Waals surface area contributed by atoms with Crippen molar-refractivity contribution in [3.63, 3.8) is 0 Å². The molecule has 0 saturated carbocycles. The number of hydrogen-bond acceptors (Lipinski definition) is 3. The molecule has 0 aliphatic carbocycles. The average molecular weight is 366 g/mol. The maximum atomic E-state index is 12.0. The highest BCUT2D eigenvalue weighted by Gasteiger charge is 2.19. The zero-order valence-corrected chi connectivity index (χ0v) is 17.0. The lowest BCUT2D eigenvalue weighted by Gasteiger charge is -2.25. The van der Waals surface area contributed by atoms with Gasteiger partial charge in [0, 0.05) is 6.42 Å². The Balaban J connectivity index is 0. The van der Waals surface area contributed by atoms with Crippen molar-refractivity contribution in [1.29, 1.82) is 0 Å². The standard InChI is InChI=1S/C18H40N3O2.ClH/c1-5-6-7-8-9-10-11-12-14-17(19)18(22)20(23)15-13-16-21(2,3)4;/h17,23H,5-16,19H2,1-4H3;1H/q+1;/p-1. The van der Waals surface area contributed by atoms with Crippen molar-refractivity contribution in [3.05, 3.63) is 0 Å². The van der Waals surface area contributed by atoms with E-state index < -0.39 is 6.04 Å². The van der Waals surface area contributed by atoms with Crippen molar-refractivity contribution < 1.29 is 26.9 Å². The molecule has 0 saturated heterocycles. The molecule has 0 radical (unpaired) electrons. The minimum absolute atomic E-state index is 0. The first-order chi connectivity index (χ1) is 10.8. The quantitative estimate of drug-likeness (QED) is 0.199. The van der Waals surface area contributed by atoms with E-state index in [9.17, 15) is 10.0 Å². The van der Waals surface area contributed by atoms with E-state index in [1.54, 1.807) is 0 Å². The largest absolute Gasteiger partial charge is 1.00 e. The van der Waals surface area contributed by atoms with Crippen molar-refractivity contribution in [2.75, 3.05) is 34.2 Å². The summed E-state index contributed by atoms with van der Waals surface area (Å²) in [6.45, 7) is 3.50. The van der Waals surface area contributed by atoms with E-state index in [-0.39, 0.29) is 18.3 Å². The Morgan fingerprint density at radius 3 is 2.00 bits per heavy atom. The summed E-state index contributed by atoms with van der Waals surface area (Å²) >= 11 is 0. The first kappa shape index (κ1) is 25.9. The van der Waals surface area contributed by atoms with Crippen LogP contribution in [0.25, 0.3) is 0 Å². The molecule has 0 aromatic rings. The van der Waals surface area contributed by atoms with Crippen LogP contribution in [0.15, 0.2) is 0 Å². The lowest BCUT2D eigenvalue weighted by Crippen LogP contribution is -3.00. The van der Waals surface area contributed by atoms with Crippen LogP contribution >= 0.6 is 0 Å². The summed E-state index contributed by atoms with van der Waals surface area (Å²) in [5.74, 6) is -0.339. The van der Waals surface area contributed by atoms with Crippen LogP contribution < -0.4 is 18.1 Å². The third-order valence-corrected chi connectivity index (χ3v) is 4.14. The van der Waals surface area contributed by atoms with Crippen LogP contribution in [0.1, 0.15) is 71.1 Å².